The molecule has 0 aliphatic heterocycles. The maximum absolute atomic E-state index is 12.8. The number of benzene rings is 1. The van der Waals surface area contributed by atoms with E-state index in [9.17, 15) is 4.39 Å². The molecule has 70 valence electrons. The second-order valence-corrected chi connectivity index (χ2v) is 3.33. The average Bonchev–Trinajstić information content (AvgIpc) is 2.02. The summed E-state index contributed by atoms with van der Waals surface area (Å²) in [7, 11) is 0. The summed E-state index contributed by atoms with van der Waals surface area (Å²) in [6, 6.07) is 4.39. The van der Waals surface area contributed by atoms with E-state index in [1.807, 2.05) is 13.0 Å². The van der Waals surface area contributed by atoms with Crippen molar-refractivity contribution in [2.45, 2.75) is 6.92 Å². The number of rotatable bonds is 2. The van der Waals surface area contributed by atoms with Gasteiger partial charge in [0.2, 0.25) is 0 Å². The van der Waals surface area contributed by atoms with E-state index in [-0.39, 0.29) is 5.82 Å². The molecule has 13 heavy (non-hydrogen) atoms. The summed E-state index contributed by atoms with van der Waals surface area (Å²) in [5, 5.41) is 0.399. The Balaban J connectivity index is 3.02. The van der Waals surface area contributed by atoms with Crippen LogP contribution in [0.25, 0.3) is 6.08 Å². The van der Waals surface area contributed by atoms with Crippen molar-refractivity contribution in [1.82, 2.24) is 0 Å². The highest BCUT2D eigenvalue weighted by Gasteiger charge is 1.96. The van der Waals surface area contributed by atoms with Gasteiger partial charge < -0.3 is 5.73 Å². The van der Waals surface area contributed by atoms with Crippen molar-refractivity contribution in [2.24, 2.45) is 5.73 Å². The first-order chi connectivity index (χ1) is 6.11. The maximum Gasteiger partial charge on any atom is 0.125 e. The number of nitrogens with two attached hydrogens (primary N) is 1. The van der Waals surface area contributed by atoms with Gasteiger partial charge in [0.25, 0.3) is 0 Å². The average molecular weight is 200 g/mol. The van der Waals surface area contributed by atoms with Gasteiger partial charge in [0.15, 0.2) is 0 Å². The van der Waals surface area contributed by atoms with Gasteiger partial charge in [-0.1, -0.05) is 23.3 Å². The Morgan fingerprint density at radius 1 is 1.54 bits per heavy atom. The molecule has 0 fully saturated rings. The molecule has 0 radical (unpaired) electrons. The van der Waals surface area contributed by atoms with E-state index in [1.54, 1.807) is 6.07 Å². The maximum atomic E-state index is 12.8. The Labute approximate surface area is 82.0 Å². The van der Waals surface area contributed by atoms with Crippen LogP contribution in [0.3, 0.4) is 0 Å². The van der Waals surface area contributed by atoms with Crippen molar-refractivity contribution >= 4 is 17.7 Å². The van der Waals surface area contributed by atoms with Crippen LogP contribution in [0.2, 0.25) is 5.02 Å². The molecule has 0 atom stereocenters. The highest BCUT2D eigenvalue weighted by atomic mass is 35.5. The van der Waals surface area contributed by atoms with Gasteiger partial charge in [-0.25, -0.2) is 4.39 Å². The molecule has 1 rings (SSSR count). The quantitative estimate of drug-likeness (QED) is 0.779. The summed E-state index contributed by atoms with van der Waals surface area (Å²) in [6.07, 6.45) is 1.81. The fourth-order valence-corrected chi connectivity index (χ4v) is 1.23. The van der Waals surface area contributed by atoms with E-state index < -0.39 is 0 Å². The molecule has 1 aromatic rings. The molecule has 1 nitrogen and oxygen atoms in total. The number of hydrogen-bond acceptors (Lipinski definition) is 1. The van der Waals surface area contributed by atoms with E-state index in [2.05, 4.69) is 0 Å². The van der Waals surface area contributed by atoms with Crippen LogP contribution < -0.4 is 5.73 Å². The lowest BCUT2D eigenvalue weighted by atomic mass is 10.1. The SMILES string of the molecule is C/C(=C/c1cc(F)cc(Cl)c1)CN. The van der Waals surface area contributed by atoms with Crippen LogP contribution in [-0.2, 0) is 0 Å². The molecule has 0 aliphatic rings. The van der Waals surface area contributed by atoms with Crippen LogP contribution >= 0.6 is 11.6 Å². The van der Waals surface area contributed by atoms with Crippen molar-refractivity contribution < 1.29 is 4.39 Å². The fourth-order valence-electron chi connectivity index (χ4n) is 1.00. The van der Waals surface area contributed by atoms with Crippen molar-refractivity contribution in [2.75, 3.05) is 6.54 Å². The molecule has 0 saturated heterocycles. The molecule has 0 aliphatic carbocycles. The third kappa shape index (κ3) is 3.17. The summed E-state index contributed by atoms with van der Waals surface area (Å²) in [4.78, 5) is 0. The van der Waals surface area contributed by atoms with E-state index in [0.717, 1.165) is 11.1 Å². The largest absolute Gasteiger partial charge is 0.327 e. The molecule has 0 unspecified atom stereocenters. The van der Waals surface area contributed by atoms with Crippen molar-refractivity contribution in [3.05, 3.63) is 40.2 Å². The smallest absolute Gasteiger partial charge is 0.125 e. The molecular weight excluding hydrogens is 189 g/mol. The first-order valence-electron chi connectivity index (χ1n) is 3.95. The van der Waals surface area contributed by atoms with Crippen LogP contribution in [0.1, 0.15) is 12.5 Å². The molecule has 0 saturated carbocycles. The second kappa shape index (κ2) is 4.40. The minimum Gasteiger partial charge on any atom is -0.327 e. The minimum absolute atomic E-state index is 0.330. The number of hydrogen-bond donors (Lipinski definition) is 1. The molecular formula is C10H11ClFN. The van der Waals surface area contributed by atoms with Crippen LogP contribution in [0.4, 0.5) is 4.39 Å². The van der Waals surface area contributed by atoms with Gasteiger partial charge in [0, 0.05) is 11.6 Å². The normalized spacial score (nSPS) is 11.8. The van der Waals surface area contributed by atoms with Gasteiger partial charge in [-0.3, -0.25) is 0 Å². The van der Waals surface area contributed by atoms with E-state index in [1.165, 1.54) is 12.1 Å². The Morgan fingerprint density at radius 3 is 2.77 bits per heavy atom. The molecule has 1 aromatic carbocycles. The lowest BCUT2D eigenvalue weighted by Crippen LogP contribution is -1.99. The highest BCUT2D eigenvalue weighted by molar-refractivity contribution is 6.30. The third-order valence-corrected chi connectivity index (χ3v) is 1.84. The summed E-state index contributed by atoms with van der Waals surface area (Å²) < 4.78 is 12.8. The predicted octanol–water partition coefficient (Wildman–Crippen LogP) is 2.84. The van der Waals surface area contributed by atoms with E-state index in [0.29, 0.717) is 11.6 Å². The van der Waals surface area contributed by atoms with Crippen molar-refractivity contribution in [1.29, 1.82) is 0 Å². The summed E-state index contributed by atoms with van der Waals surface area (Å²) in [5.74, 6) is -0.330. The lowest BCUT2D eigenvalue weighted by Gasteiger charge is -1.98. The van der Waals surface area contributed by atoms with E-state index in [4.69, 9.17) is 17.3 Å². The molecule has 0 amide bonds. The molecule has 0 spiro atoms. The van der Waals surface area contributed by atoms with Gasteiger partial charge in [0.05, 0.1) is 0 Å². The number of halogens is 2. The zero-order valence-electron chi connectivity index (χ0n) is 7.35. The lowest BCUT2D eigenvalue weighted by molar-refractivity contribution is 0.627. The molecule has 0 bridgehead atoms. The Kier molecular flexibility index (Phi) is 3.46. The predicted molar refractivity (Wildman–Crippen MR) is 54.1 cm³/mol. The van der Waals surface area contributed by atoms with Gasteiger partial charge in [0.1, 0.15) is 5.82 Å². The minimum atomic E-state index is -0.330. The second-order valence-electron chi connectivity index (χ2n) is 2.90. The first-order valence-corrected chi connectivity index (χ1v) is 4.33. The summed E-state index contributed by atoms with van der Waals surface area (Å²) in [5.41, 5.74) is 7.13. The van der Waals surface area contributed by atoms with Crippen LogP contribution in [-0.4, -0.2) is 6.54 Å². The summed E-state index contributed by atoms with van der Waals surface area (Å²) in [6.45, 7) is 2.35. The van der Waals surface area contributed by atoms with Gasteiger partial charge >= 0.3 is 0 Å². The Hall–Kier alpha value is -0.860. The zero-order valence-corrected chi connectivity index (χ0v) is 8.11. The van der Waals surface area contributed by atoms with Crippen LogP contribution in [0.15, 0.2) is 23.8 Å². The van der Waals surface area contributed by atoms with Crippen LogP contribution in [0, 0.1) is 5.82 Å². The van der Waals surface area contributed by atoms with Gasteiger partial charge in [-0.05, 0) is 30.7 Å². The molecule has 0 aromatic heterocycles. The Bertz CT molecular complexity index is 313. The molecule has 0 heterocycles. The van der Waals surface area contributed by atoms with Gasteiger partial charge in [-0.2, -0.15) is 0 Å². The van der Waals surface area contributed by atoms with Gasteiger partial charge in [-0.15, -0.1) is 0 Å². The van der Waals surface area contributed by atoms with E-state index >= 15 is 0 Å². The highest BCUT2D eigenvalue weighted by Crippen LogP contribution is 2.16. The van der Waals surface area contributed by atoms with Crippen LogP contribution in [0.5, 0.6) is 0 Å². The first kappa shape index (κ1) is 10.2. The molecule has 2 N–H and O–H groups in total. The third-order valence-electron chi connectivity index (χ3n) is 1.62. The standard InChI is InChI=1S/C10H11ClFN/c1-7(6-13)2-8-3-9(11)5-10(12)4-8/h2-5H,6,13H2,1H3/b7-2-. The monoisotopic (exact) mass is 199 g/mol. The zero-order chi connectivity index (χ0) is 9.84. The van der Waals surface area contributed by atoms with Crippen molar-refractivity contribution in [3.63, 3.8) is 0 Å². The topological polar surface area (TPSA) is 26.0 Å². The van der Waals surface area contributed by atoms with Crippen molar-refractivity contribution in [3.8, 4) is 0 Å². The fraction of sp³-hybridized carbons (Fsp3) is 0.200. The molecule has 3 heteroatoms. The Morgan fingerprint density at radius 2 is 2.23 bits per heavy atom. The summed E-state index contributed by atoms with van der Waals surface area (Å²) >= 11 is 5.68.